The van der Waals surface area contributed by atoms with E-state index in [0.717, 1.165) is 0 Å². The van der Waals surface area contributed by atoms with Crippen molar-refractivity contribution in [2.45, 2.75) is 12.5 Å². The fourth-order valence-corrected chi connectivity index (χ4v) is 1.29. The molecule has 6 nitrogen and oxygen atoms in total. The minimum Gasteiger partial charge on any atom is -0.481 e. The van der Waals surface area contributed by atoms with Gasteiger partial charge in [0.05, 0.1) is 16.9 Å². The number of carboxylic acids is 1. The minimum absolute atomic E-state index is 0.0359. The standard InChI is InChI=1S/C11H12N2O4/c12-9(7-11(14)15)6-5-8-3-1-2-4-10(8)13(16)17/h1-6,9H,7,12H2,(H,14,15)/b6-5+. The van der Waals surface area contributed by atoms with Gasteiger partial charge in [-0.3, -0.25) is 14.9 Å². The van der Waals surface area contributed by atoms with Crippen LogP contribution >= 0.6 is 0 Å². The van der Waals surface area contributed by atoms with Crippen molar-refractivity contribution in [2.24, 2.45) is 5.73 Å². The predicted octanol–water partition coefficient (Wildman–Crippen LogP) is 1.41. The fourth-order valence-electron chi connectivity index (χ4n) is 1.29. The van der Waals surface area contributed by atoms with Crippen molar-refractivity contribution in [3.8, 4) is 0 Å². The van der Waals surface area contributed by atoms with Crippen LogP contribution in [0.15, 0.2) is 30.3 Å². The minimum atomic E-state index is -1.01. The first kappa shape index (κ1) is 12.9. The molecule has 90 valence electrons. The summed E-state index contributed by atoms with van der Waals surface area (Å²) in [5, 5.41) is 19.2. The summed E-state index contributed by atoms with van der Waals surface area (Å²) in [5.74, 6) is -1.01. The number of nitrogens with two attached hydrogens (primary N) is 1. The normalized spacial score (nSPS) is 12.5. The molecule has 6 heteroatoms. The van der Waals surface area contributed by atoms with Crippen LogP contribution in [0.4, 0.5) is 5.69 Å². The van der Waals surface area contributed by atoms with Crippen LogP contribution in [0.25, 0.3) is 6.08 Å². The van der Waals surface area contributed by atoms with Crippen molar-refractivity contribution in [1.82, 2.24) is 0 Å². The number of hydrogen-bond acceptors (Lipinski definition) is 4. The molecule has 1 aromatic rings. The van der Waals surface area contributed by atoms with E-state index in [1.807, 2.05) is 0 Å². The van der Waals surface area contributed by atoms with Gasteiger partial charge in [-0.15, -0.1) is 0 Å². The van der Waals surface area contributed by atoms with Gasteiger partial charge in [0, 0.05) is 12.1 Å². The van der Waals surface area contributed by atoms with Crippen LogP contribution in [0.5, 0.6) is 0 Å². The van der Waals surface area contributed by atoms with E-state index in [1.165, 1.54) is 18.2 Å². The number of nitro groups is 1. The molecular formula is C11H12N2O4. The SMILES string of the molecule is NC(/C=C/c1ccccc1[N+](=O)[O-])CC(=O)O. The lowest BCUT2D eigenvalue weighted by Crippen LogP contribution is -2.20. The summed E-state index contributed by atoms with van der Waals surface area (Å²) < 4.78 is 0. The second-order valence-corrected chi connectivity index (χ2v) is 3.44. The third kappa shape index (κ3) is 4.04. The number of nitrogens with zero attached hydrogens (tertiary/aromatic N) is 1. The Kier molecular flexibility index (Phi) is 4.36. The Hall–Kier alpha value is -2.21. The molecule has 0 aromatic heterocycles. The van der Waals surface area contributed by atoms with Gasteiger partial charge in [0.15, 0.2) is 0 Å². The third-order valence-corrected chi connectivity index (χ3v) is 2.07. The average molecular weight is 236 g/mol. The maximum atomic E-state index is 10.7. The van der Waals surface area contributed by atoms with Crippen molar-refractivity contribution < 1.29 is 14.8 Å². The summed E-state index contributed by atoms with van der Waals surface area (Å²) in [4.78, 5) is 20.6. The van der Waals surface area contributed by atoms with Gasteiger partial charge < -0.3 is 10.8 Å². The van der Waals surface area contributed by atoms with Crippen molar-refractivity contribution in [1.29, 1.82) is 0 Å². The van der Waals surface area contributed by atoms with Gasteiger partial charge in [-0.2, -0.15) is 0 Å². The van der Waals surface area contributed by atoms with Crippen LogP contribution in [-0.2, 0) is 4.79 Å². The van der Waals surface area contributed by atoms with Crippen molar-refractivity contribution >= 4 is 17.7 Å². The smallest absolute Gasteiger partial charge is 0.305 e. The average Bonchev–Trinajstić information content (AvgIpc) is 2.25. The molecule has 3 N–H and O–H groups in total. The number of hydrogen-bond donors (Lipinski definition) is 2. The first-order valence-corrected chi connectivity index (χ1v) is 4.89. The molecule has 0 aliphatic carbocycles. The van der Waals surface area contributed by atoms with Crippen LogP contribution in [0.3, 0.4) is 0 Å². The van der Waals surface area contributed by atoms with E-state index >= 15 is 0 Å². The largest absolute Gasteiger partial charge is 0.481 e. The summed E-state index contributed by atoms with van der Waals surface area (Å²) in [6.45, 7) is 0. The summed E-state index contributed by atoms with van der Waals surface area (Å²) in [6.07, 6.45) is 2.69. The molecule has 1 rings (SSSR count). The molecule has 0 aliphatic rings. The first-order chi connectivity index (χ1) is 8.00. The lowest BCUT2D eigenvalue weighted by molar-refractivity contribution is -0.385. The van der Waals surface area contributed by atoms with E-state index < -0.39 is 16.9 Å². The van der Waals surface area contributed by atoms with Gasteiger partial charge in [0.2, 0.25) is 0 Å². The molecule has 1 unspecified atom stereocenters. The maximum Gasteiger partial charge on any atom is 0.305 e. The Bertz CT molecular complexity index is 457. The van der Waals surface area contributed by atoms with Crippen LogP contribution in [0.2, 0.25) is 0 Å². The summed E-state index contributed by atoms with van der Waals surface area (Å²) in [5.41, 5.74) is 5.88. The summed E-state index contributed by atoms with van der Waals surface area (Å²) in [7, 11) is 0. The van der Waals surface area contributed by atoms with Gasteiger partial charge in [0.1, 0.15) is 0 Å². The van der Waals surface area contributed by atoms with Crippen LogP contribution in [-0.4, -0.2) is 22.0 Å². The highest BCUT2D eigenvalue weighted by Crippen LogP contribution is 2.19. The first-order valence-electron chi connectivity index (χ1n) is 4.89. The Labute approximate surface area is 97.5 Å². The monoisotopic (exact) mass is 236 g/mol. The highest BCUT2D eigenvalue weighted by molar-refractivity contribution is 5.68. The highest BCUT2D eigenvalue weighted by Gasteiger charge is 2.10. The van der Waals surface area contributed by atoms with Crippen LogP contribution < -0.4 is 5.73 Å². The van der Waals surface area contributed by atoms with Crippen molar-refractivity contribution in [2.75, 3.05) is 0 Å². The Morgan fingerprint density at radius 1 is 1.53 bits per heavy atom. The fraction of sp³-hybridized carbons (Fsp3) is 0.182. The molecule has 17 heavy (non-hydrogen) atoms. The Morgan fingerprint density at radius 3 is 2.76 bits per heavy atom. The van der Waals surface area contributed by atoms with E-state index in [0.29, 0.717) is 5.56 Å². The molecule has 0 bridgehead atoms. The molecule has 1 aromatic carbocycles. The zero-order valence-corrected chi connectivity index (χ0v) is 8.95. The number of carbonyl (C=O) groups is 1. The number of carboxylic acid groups (broad SMARTS) is 1. The second-order valence-electron chi connectivity index (χ2n) is 3.44. The van der Waals surface area contributed by atoms with Crippen molar-refractivity contribution in [3.05, 3.63) is 46.0 Å². The highest BCUT2D eigenvalue weighted by atomic mass is 16.6. The number of rotatable bonds is 5. The Balaban J connectivity index is 2.84. The van der Waals surface area contributed by atoms with Crippen LogP contribution in [0, 0.1) is 10.1 Å². The predicted molar refractivity (Wildman–Crippen MR) is 62.4 cm³/mol. The maximum absolute atomic E-state index is 10.7. The zero-order valence-electron chi connectivity index (χ0n) is 8.95. The van der Waals surface area contributed by atoms with Gasteiger partial charge in [0.25, 0.3) is 5.69 Å². The second kappa shape index (κ2) is 5.76. The van der Waals surface area contributed by atoms with E-state index in [1.54, 1.807) is 18.2 Å². The molecule has 0 radical (unpaired) electrons. The Morgan fingerprint density at radius 2 is 2.18 bits per heavy atom. The molecule has 0 amide bonds. The van der Waals surface area contributed by atoms with E-state index in [-0.39, 0.29) is 12.1 Å². The van der Waals surface area contributed by atoms with Gasteiger partial charge >= 0.3 is 5.97 Å². The number of benzene rings is 1. The van der Waals surface area contributed by atoms with E-state index in [2.05, 4.69) is 0 Å². The van der Waals surface area contributed by atoms with E-state index in [4.69, 9.17) is 10.8 Å². The van der Waals surface area contributed by atoms with Crippen molar-refractivity contribution in [3.63, 3.8) is 0 Å². The molecule has 0 aliphatic heterocycles. The zero-order chi connectivity index (χ0) is 12.8. The number of aliphatic carboxylic acids is 1. The molecule has 0 heterocycles. The summed E-state index contributed by atoms with van der Waals surface area (Å²) in [6, 6.07) is 5.51. The lowest BCUT2D eigenvalue weighted by atomic mass is 10.1. The summed E-state index contributed by atoms with van der Waals surface area (Å²) >= 11 is 0. The number of nitro benzene ring substituents is 1. The number of para-hydroxylation sites is 1. The molecule has 1 atom stereocenters. The van der Waals surface area contributed by atoms with Gasteiger partial charge in [-0.1, -0.05) is 24.3 Å². The molecule has 0 spiro atoms. The molecule has 0 saturated carbocycles. The van der Waals surface area contributed by atoms with Crippen LogP contribution in [0.1, 0.15) is 12.0 Å². The quantitative estimate of drug-likeness (QED) is 0.593. The molecule has 0 saturated heterocycles. The molecular weight excluding hydrogens is 224 g/mol. The lowest BCUT2D eigenvalue weighted by Gasteiger charge is -2.01. The third-order valence-electron chi connectivity index (χ3n) is 2.07. The van der Waals surface area contributed by atoms with E-state index in [9.17, 15) is 14.9 Å². The van der Waals surface area contributed by atoms with Gasteiger partial charge in [-0.05, 0) is 6.07 Å². The topological polar surface area (TPSA) is 106 Å². The van der Waals surface area contributed by atoms with Gasteiger partial charge in [-0.25, -0.2) is 0 Å². The molecule has 0 fully saturated rings.